The van der Waals surface area contributed by atoms with Gasteiger partial charge in [0.2, 0.25) is 11.8 Å². The number of ether oxygens (including phenoxy) is 2. The second-order valence-corrected chi connectivity index (χ2v) is 7.45. The molecular formula is C21H23N3O4S. The molecule has 0 aromatic heterocycles. The number of aliphatic imine (C=N–C) groups is 1. The number of thioether (sulfide) groups is 1. The van der Waals surface area contributed by atoms with Crippen LogP contribution in [0.3, 0.4) is 0 Å². The molecule has 2 aromatic rings. The summed E-state index contributed by atoms with van der Waals surface area (Å²) in [5.41, 5.74) is 1.22. The van der Waals surface area contributed by atoms with Gasteiger partial charge in [-0.2, -0.15) is 0 Å². The fourth-order valence-corrected chi connectivity index (χ4v) is 3.83. The summed E-state index contributed by atoms with van der Waals surface area (Å²) in [6.07, 6.45) is 0.100. The molecule has 1 saturated heterocycles. The van der Waals surface area contributed by atoms with Gasteiger partial charge in [-0.15, -0.1) is 0 Å². The zero-order valence-corrected chi connectivity index (χ0v) is 17.4. The third-order valence-corrected chi connectivity index (χ3v) is 5.52. The van der Waals surface area contributed by atoms with Gasteiger partial charge < -0.3 is 14.8 Å². The highest BCUT2D eigenvalue weighted by atomic mass is 32.2. The molecule has 1 atom stereocenters. The SMILES string of the molecule is CCOc1cccc(NC(=O)C2CC(=O)N(C)C(=Nc3ccccc3OC)S2)c1. The number of benzene rings is 2. The van der Waals surface area contributed by atoms with Gasteiger partial charge >= 0.3 is 0 Å². The molecule has 0 bridgehead atoms. The maximum Gasteiger partial charge on any atom is 0.238 e. The Morgan fingerprint density at radius 1 is 1.28 bits per heavy atom. The van der Waals surface area contributed by atoms with Gasteiger partial charge in [-0.25, -0.2) is 4.99 Å². The summed E-state index contributed by atoms with van der Waals surface area (Å²) in [7, 11) is 3.22. The Morgan fingerprint density at radius 3 is 2.83 bits per heavy atom. The molecule has 3 rings (SSSR count). The molecule has 1 aliphatic heterocycles. The maximum atomic E-state index is 12.8. The number of hydrogen-bond donors (Lipinski definition) is 1. The molecule has 152 valence electrons. The topological polar surface area (TPSA) is 80.2 Å². The molecule has 0 spiro atoms. The number of rotatable bonds is 6. The standard InChI is InChI=1S/C21H23N3O4S/c1-4-28-15-9-7-8-14(12-15)22-20(26)18-13-19(25)24(2)21(29-18)23-16-10-5-6-11-17(16)27-3/h5-12,18H,4,13H2,1-3H3,(H,22,26). The molecule has 29 heavy (non-hydrogen) atoms. The van der Waals surface area contributed by atoms with Gasteiger partial charge in [0.25, 0.3) is 0 Å². The Balaban J connectivity index is 1.78. The van der Waals surface area contributed by atoms with Gasteiger partial charge in [0.1, 0.15) is 22.4 Å². The van der Waals surface area contributed by atoms with Crippen molar-refractivity contribution in [3.63, 3.8) is 0 Å². The first-order chi connectivity index (χ1) is 14.0. The molecule has 1 heterocycles. The van der Waals surface area contributed by atoms with E-state index in [0.29, 0.717) is 34.6 Å². The predicted molar refractivity (Wildman–Crippen MR) is 115 cm³/mol. The van der Waals surface area contributed by atoms with Crippen LogP contribution in [0.25, 0.3) is 0 Å². The lowest BCUT2D eigenvalue weighted by atomic mass is 10.2. The fraction of sp³-hybridized carbons (Fsp3) is 0.286. The molecule has 2 amide bonds. The van der Waals surface area contributed by atoms with Gasteiger partial charge in [-0.1, -0.05) is 30.0 Å². The Bertz CT molecular complexity index is 932. The zero-order chi connectivity index (χ0) is 20.8. The third-order valence-electron chi connectivity index (χ3n) is 4.27. The number of hydrogen-bond acceptors (Lipinski definition) is 6. The lowest BCUT2D eigenvalue weighted by Crippen LogP contribution is -2.43. The first-order valence-corrected chi connectivity index (χ1v) is 10.1. The van der Waals surface area contributed by atoms with E-state index < -0.39 is 5.25 Å². The minimum atomic E-state index is -0.581. The Morgan fingerprint density at radius 2 is 2.07 bits per heavy atom. The van der Waals surface area contributed by atoms with Crippen LogP contribution >= 0.6 is 11.8 Å². The summed E-state index contributed by atoms with van der Waals surface area (Å²) in [6, 6.07) is 14.5. The number of amidine groups is 1. The molecule has 0 saturated carbocycles. The van der Waals surface area contributed by atoms with Gasteiger partial charge in [-0.05, 0) is 31.2 Å². The number of para-hydroxylation sites is 2. The van der Waals surface area contributed by atoms with Crippen molar-refractivity contribution in [1.82, 2.24) is 4.90 Å². The van der Waals surface area contributed by atoms with Crippen LogP contribution in [0.1, 0.15) is 13.3 Å². The van der Waals surface area contributed by atoms with Crippen molar-refractivity contribution >= 4 is 40.1 Å². The van der Waals surface area contributed by atoms with Crippen LogP contribution in [-0.4, -0.2) is 47.9 Å². The minimum absolute atomic E-state index is 0.100. The molecule has 1 fully saturated rings. The van der Waals surface area contributed by atoms with Crippen LogP contribution < -0.4 is 14.8 Å². The summed E-state index contributed by atoms with van der Waals surface area (Å²) in [5, 5.41) is 2.73. The van der Waals surface area contributed by atoms with Crippen molar-refractivity contribution in [2.24, 2.45) is 4.99 Å². The highest BCUT2D eigenvalue weighted by molar-refractivity contribution is 8.15. The summed E-state index contributed by atoms with van der Waals surface area (Å²) in [6.45, 7) is 2.44. The number of carbonyl (C=O) groups is 2. The van der Waals surface area contributed by atoms with Gasteiger partial charge in [0, 0.05) is 25.2 Å². The highest BCUT2D eigenvalue weighted by Gasteiger charge is 2.34. The third kappa shape index (κ3) is 5.08. The Kier molecular flexibility index (Phi) is 6.77. The van der Waals surface area contributed by atoms with E-state index >= 15 is 0 Å². The van der Waals surface area contributed by atoms with Gasteiger partial charge in [-0.3, -0.25) is 14.5 Å². The second kappa shape index (κ2) is 9.47. The van der Waals surface area contributed by atoms with Crippen LogP contribution in [0.15, 0.2) is 53.5 Å². The molecule has 1 aliphatic rings. The van der Waals surface area contributed by atoms with Crippen molar-refractivity contribution in [2.75, 3.05) is 26.1 Å². The number of nitrogens with one attached hydrogen (secondary N) is 1. The lowest BCUT2D eigenvalue weighted by molar-refractivity contribution is -0.128. The monoisotopic (exact) mass is 413 g/mol. The molecule has 2 aromatic carbocycles. The number of anilines is 1. The van der Waals surface area contributed by atoms with E-state index in [4.69, 9.17) is 9.47 Å². The second-order valence-electron chi connectivity index (χ2n) is 6.28. The first-order valence-electron chi connectivity index (χ1n) is 9.20. The summed E-state index contributed by atoms with van der Waals surface area (Å²) < 4.78 is 10.8. The number of nitrogens with zero attached hydrogens (tertiary/aromatic N) is 2. The van der Waals surface area contributed by atoms with Crippen molar-refractivity contribution in [3.05, 3.63) is 48.5 Å². The van der Waals surface area contributed by atoms with Crippen LogP contribution in [0.4, 0.5) is 11.4 Å². The van der Waals surface area contributed by atoms with Crippen LogP contribution in [0.2, 0.25) is 0 Å². The van der Waals surface area contributed by atoms with Crippen molar-refractivity contribution in [2.45, 2.75) is 18.6 Å². The first kappa shape index (κ1) is 20.7. The van der Waals surface area contributed by atoms with E-state index in [9.17, 15) is 9.59 Å². The normalized spacial score (nSPS) is 17.9. The maximum absolute atomic E-state index is 12.8. The van der Waals surface area contributed by atoms with Crippen LogP contribution in [0.5, 0.6) is 11.5 Å². The van der Waals surface area contributed by atoms with Crippen LogP contribution in [0, 0.1) is 0 Å². The Hall–Kier alpha value is -3.00. The predicted octanol–water partition coefficient (Wildman–Crippen LogP) is 3.68. The van der Waals surface area contributed by atoms with E-state index in [-0.39, 0.29) is 18.2 Å². The molecule has 0 aliphatic carbocycles. The van der Waals surface area contributed by atoms with Crippen molar-refractivity contribution < 1.29 is 19.1 Å². The minimum Gasteiger partial charge on any atom is -0.494 e. The highest BCUT2D eigenvalue weighted by Crippen LogP contribution is 2.32. The van der Waals surface area contributed by atoms with E-state index in [1.54, 1.807) is 38.4 Å². The van der Waals surface area contributed by atoms with E-state index in [1.165, 1.54) is 16.7 Å². The molecular weight excluding hydrogens is 390 g/mol. The smallest absolute Gasteiger partial charge is 0.238 e. The summed E-state index contributed by atoms with van der Waals surface area (Å²) in [4.78, 5) is 31.3. The number of methoxy groups -OCH3 is 1. The molecule has 1 unspecified atom stereocenters. The van der Waals surface area contributed by atoms with E-state index in [0.717, 1.165) is 0 Å². The molecule has 0 radical (unpaired) electrons. The summed E-state index contributed by atoms with van der Waals surface area (Å²) >= 11 is 1.26. The molecule has 7 nitrogen and oxygen atoms in total. The molecule has 1 N–H and O–H groups in total. The van der Waals surface area contributed by atoms with Crippen LogP contribution in [-0.2, 0) is 9.59 Å². The fourth-order valence-electron chi connectivity index (χ4n) is 2.78. The number of amides is 2. The Labute approximate surface area is 174 Å². The van der Waals surface area contributed by atoms with Gasteiger partial charge in [0.05, 0.1) is 13.7 Å². The summed E-state index contributed by atoms with van der Waals surface area (Å²) in [5.74, 6) is 0.857. The van der Waals surface area contributed by atoms with Crippen molar-refractivity contribution in [3.8, 4) is 11.5 Å². The lowest BCUT2D eigenvalue weighted by Gasteiger charge is -2.29. The van der Waals surface area contributed by atoms with E-state index in [1.807, 2.05) is 31.2 Å². The quantitative estimate of drug-likeness (QED) is 0.781. The zero-order valence-electron chi connectivity index (χ0n) is 16.5. The molecule has 8 heteroatoms. The van der Waals surface area contributed by atoms with E-state index in [2.05, 4.69) is 10.3 Å². The number of carbonyl (C=O) groups excluding carboxylic acids is 2. The average molecular weight is 413 g/mol. The average Bonchev–Trinajstić information content (AvgIpc) is 2.72. The van der Waals surface area contributed by atoms with Crippen molar-refractivity contribution in [1.29, 1.82) is 0 Å². The largest absolute Gasteiger partial charge is 0.494 e. The van der Waals surface area contributed by atoms with Gasteiger partial charge in [0.15, 0.2) is 5.17 Å².